The minimum absolute atomic E-state index is 0.802. The molecule has 0 radical (unpaired) electrons. The van der Waals surface area contributed by atoms with Gasteiger partial charge in [0.2, 0.25) is 0 Å². The van der Waals surface area contributed by atoms with Gasteiger partial charge < -0.3 is 31.3 Å². The Morgan fingerprint density at radius 3 is 1.83 bits per heavy atom. The van der Waals surface area contributed by atoms with Crippen molar-refractivity contribution in [2.75, 3.05) is 6.61 Å². The summed E-state index contributed by atoms with van der Waals surface area (Å²) in [6.45, 7) is -0.802. The minimum Gasteiger partial charge on any atom is -0.393 e. The van der Waals surface area contributed by atoms with Crippen LogP contribution in [0.1, 0.15) is 0 Å². The lowest BCUT2D eigenvalue weighted by Gasteiger charge is -2.28. The Labute approximate surface area is 68.9 Å². The molecule has 1 saturated carbocycles. The van der Waals surface area contributed by atoms with E-state index in [-0.39, 0.29) is 0 Å². The maximum Gasteiger partial charge on any atom is 0.134 e. The first-order chi connectivity index (χ1) is 5.45. The molecule has 1 rings (SSSR count). The van der Waals surface area contributed by atoms with Gasteiger partial charge in [-0.3, -0.25) is 0 Å². The molecule has 7 N–H and O–H groups in total. The topological polar surface area (TPSA) is 127 Å². The van der Waals surface area contributed by atoms with Crippen LogP contribution in [0.4, 0.5) is 0 Å². The van der Waals surface area contributed by atoms with Crippen LogP contribution >= 0.6 is 0 Å². The van der Waals surface area contributed by atoms with Crippen molar-refractivity contribution in [2.45, 2.75) is 30.0 Å². The van der Waals surface area contributed by atoms with Gasteiger partial charge in [-0.2, -0.15) is 0 Å². The molecule has 6 nitrogen and oxygen atoms in total. The number of rotatable bonds is 1. The number of hydrogen-bond donors (Lipinski definition) is 6. The first kappa shape index (κ1) is 9.85. The zero-order valence-electron chi connectivity index (χ0n) is 6.33. The molecular formula is C6H13NO5. The second-order valence-corrected chi connectivity index (χ2v) is 3.10. The van der Waals surface area contributed by atoms with Crippen molar-refractivity contribution < 1.29 is 25.5 Å². The maximum atomic E-state index is 9.43. The smallest absolute Gasteiger partial charge is 0.134 e. The SMILES string of the molecule is NC1[C@@H](O)[C@H](O)C(O)[C@]1(O)CO. The molecule has 1 aliphatic rings. The average molecular weight is 179 g/mol. The van der Waals surface area contributed by atoms with E-state index in [2.05, 4.69) is 0 Å². The molecule has 1 fully saturated rings. The monoisotopic (exact) mass is 179 g/mol. The van der Waals surface area contributed by atoms with E-state index in [4.69, 9.17) is 26.2 Å². The molecule has 0 aliphatic heterocycles. The van der Waals surface area contributed by atoms with Crippen LogP contribution in [0.2, 0.25) is 0 Å². The van der Waals surface area contributed by atoms with Crippen molar-refractivity contribution >= 4 is 0 Å². The fraction of sp³-hybridized carbons (Fsp3) is 1.00. The summed E-state index contributed by atoms with van der Waals surface area (Å²) in [6, 6.07) is -1.24. The molecule has 1 aliphatic carbocycles. The van der Waals surface area contributed by atoms with Gasteiger partial charge >= 0.3 is 0 Å². The Morgan fingerprint density at radius 2 is 1.67 bits per heavy atom. The van der Waals surface area contributed by atoms with E-state index in [0.717, 1.165) is 0 Å². The summed E-state index contributed by atoms with van der Waals surface area (Å²) >= 11 is 0. The van der Waals surface area contributed by atoms with Gasteiger partial charge in [-0.15, -0.1) is 0 Å². The second-order valence-electron chi connectivity index (χ2n) is 3.10. The molecule has 5 atom stereocenters. The third kappa shape index (κ3) is 1.05. The van der Waals surface area contributed by atoms with Crippen molar-refractivity contribution in [1.29, 1.82) is 0 Å². The van der Waals surface area contributed by atoms with Crippen LogP contribution in [-0.4, -0.2) is 62.1 Å². The van der Waals surface area contributed by atoms with Crippen molar-refractivity contribution in [3.63, 3.8) is 0 Å². The number of aliphatic hydroxyl groups is 5. The molecule has 2 unspecified atom stereocenters. The van der Waals surface area contributed by atoms with Crippen molar-refractivity contribution in [3.8, 4) is 0 Å². The zero-order chi connectivity index (χ0) is 9.52. The van der Waals surface area contributed by atoms with Crippen LogP contribution in [0.15, 0.2) is 0 Å². The predicted molar refractivity (Wildman–Crippen MR) is 38.0 cm³/mol. The average Bonchev–Trinajstić information content (AvgIpc) is 2.22. The van der Waals surface area contributed by atoms with Gasteiger partial charge in [0.15, 0.2) is 0 Å². The Kier molecular flexibility index (Phi) is 2.39. The normalized spacial score (nSPS) is 54.5. The number of nitrogens with two attached hydrogens (primary N) is 1. The lowest BCUT2D eigenvalue weighted by atomic mass is 9.97. The third-order valence-corrected chi connectivity index (χ3v) is 2.38. The summed E-state index contributed by atoms with van der Waals surface area (Å²) in [5.41, 5.74) is 3.25. The van der Waals surface area contributed by atoms with Crippen LogP contribution in [0.5, 0.6) is 0 Å². The Bertz CT molecular complexity index is 161. The highest BCUT2D eigenvalue weighted by molar-refractivity contribution is 5.11. The van der Waals surface area contributed by atoms with E-state index in [1.54, 1.807) is 0 Å². The molecule has 0 saturated heterocycles. The van der Waals surface area contributed by atoms with E-state index in [9.17, 15) is 5.11 Å². The molecule has 0 heterocycles. The molecule has 0 amide bonds. The van der Waals surface area contributed by atoms with Gasteiger partial charge in [-0.05, 0) is 0 Å². The van der Waals surface area contributed by atoms with Gasteiger partial charge in [0.05, 0.1) is 12.6 Å². The van der Waals surface area contributed by atoms with E-state index in [0.29, 0.717) is 0 Å². The molecule has 0 aromatic carbocycles. The second kappa shape index (κ2) is 2.91. The first-order valence-electron chi connectivity index (χ1n) is 3.58. The highest BCUT2D eigenvalue weighted by atomic mass is 16.4. The summed E-state index contributed by atoms with van der Waals surface area (Å²) in [5, 5.41) is 45.4. The van der Waals surface area contributed by atoms with Crippen LogP contribution in [0.3, 0.4) is 0 Å². The summed E-state index contributed by atoms with van der Waals surface area (Å²) in [7, 11) is 0. The third-order valence-electron chi connectivity index (χ3n) is 2.38. The van der Waals surface area contributed by atoms with E-state index < -0.39 is 36.6 Å². The summed E-state index contributed by atoms with van der Waals surface area (Å²) < 4.78 is 0. The van der Waals surface area contributed by atoms with E-state index >= 15 is 0 Å². The highest BCUT2D eigenvalue weighted by Gasteiger charge is 2.57. The van der Waals surface area contributed by atoms with Gasteiger partial charge in [0, 0.05) is 0 Å². The Morgan fingerprint density at radius 1 is 1.17 bits per heavy atom. The molecular weight excluding hydrogens is 166 g/mol. The molecule has 6 heteroatoms. The molecule has 12 heavy (non-hydrogen) atoms. The fourth-order valence-electron chi connectivity index (χ4n) is 1.39. The first-order valence-corrected chi connectivity index (χ1v) is 3.58. The maximum absolute atomic E-state index is 9.43. The van der Waals surface area contributed by atoms with Crippen LogP contribution in [-0.2, 0) is 0 Å². The standard InChI is InChI=1S/C6H13NO5/c7-4-2(9)3(10)5(11)6(4,12)1-8/h2-5,8-12H,1,7H2/t2-,3-,4?,5?,6-/m0/s1. The summed E-state index contributed by atoms with van der Waals surface area (Å²) in [4.78, 5) is 0. The fourth-order valence-corrected chi connectivity index (χ4v) is 1.39. The van der Waals surface area contributed by atoms with Gasteiger partial charge in [0.1, 0.15) is 23.9 Å². The number of hydrogen-bond acceptors (Lipinski definition) is 6. The molecule has 0 aromatic heterocycles. The Balaban J connectivity index is 2.90. The van der Waals surface area contributed by atoms with Gasteiger partial charge in [0.25, 0.3) is 0 Å². The van der Waals surface area contributed by atoms with Crippen LogP contribution < -0.4 is 5.73 Å². The molecule has 0 spiro atoms. The van der Waals surface area contributed by atoms with Gasteiger partial charge in [-0.1, -0.05) is 0 Å². The largest absolute Gasteiger partial charge is 0.393 e. The molecule has 72 valence electrons. The van der Waals surface area contributed by atoms with Crippen LogP contribution in [0, 0.1) is 0 Å². The lowest BCUT2D eigenvalue weighted by molar-refractivity contribution is -0.116. The highest BCUT2D eigenvalue weighted by Crippen LogP contribution is 2.29. The molecule has 0 aromatic rings. The van der Waals surface area contributed by atoms with Crippen molar-refractivity contribution in [2.24, 2.45) is 5.73 Å². The Hall–Kier alpha value is -0.240. The van der Waals surface area contributed by atoms with Crippen molar-refractivity contribution in [1.82, 2.24) is 0 Å². The molecule has 0 bridgehead atoms. The quantitative estimate of drug-likeness (QED) is 0.244. The van der Waals surface area contributed by atoms with E-state index in [1.165, 1.54) is 0 Å². The van der Waals surface area contributed by atoms with Crippen LogP contribution in [0.25, 0.3) is 0 Å². The zero-order valence-corrected chi connectivity index (χ0v) is 6.33. The predicted octanol–water partition coefficient (Wildman–Crippen LogP) is -3.87. The minimum atomic E-state index is -2.02. The summed E-state index contributed by atoms with van der Waals surface area (Å²) in [5.74, 6) is 0. The lowest BCUT2D eigenvalue weighted by Crippen LogP contribution is -2.55. The van der Waals surface area contributed by atoms with Gasteiger partial charge in [-0.25, -0.2) is 0 Å². The van der Waals surface area contributed by atoms with E-state index in [1.807, 2.05) is 0 Å². The summed E-state index contributed by atoms with van der Waals surface area (Å²) in [6.07, 6.45) is -4.55. The van der Waals surface area contributed by atoms with Crippen molar-refractivity contribution in [3.05, 3.63) is 0 Å². The number of aliphatic hydroxyl groups excluding tert-OH is 4.